The van der Waals surface area contributed by atoms with E-state index in [0.29, 0.717) is 31.7 Å². The minimum Gasteiger partial charge on any atom is -0.507 e. The number of carbonyl (C=O) groups excluding carboxylic acids is 1. The number of phenols is 1. The molecule has 0 unspecified atom stereocenters. The maximum atomic E-state index is 13.5. The predicted octanol–water partition coefficient (Wildman–Crippen LogP) is 11.0. The van der Waals surface area contributed by atoms with Crippen LogP contribution in [0.15, 0.2) is 52.4 Å². The summed E-state index contributed by atoms with van der Waals surface area (Å²) in [6.07, 6.45) is 2.01. The van der Waals surface area contributed by atoms with Crippen molar-refractivity contribution in [3.8, 4) is 11.5 Å². The summed E-state index contributed by atoms with van der Waals surface area (Å²) in [5.41, 5.74) is 2.77. The minimum atomic E-state index is -4.57. The van der Waals surface area contributed by atoms with Crippen molar-refractivity contribution in [2.24, 2.45) is 0 Å². The van der Waals surface area contributed by atoms with Crippen LogP contribution in [0.5, 0.6) is 11.5 Å². The standard InChI is InChI=1S/C39H51F3N2O3S2/c1-10-11-12-13-26-21-29(23-31(34(26)47-9)37(6,7)8)49-38(48-28-20-25(2)33(45)30(22-28)36(3,4)5)16-18-44(19-17-38)35(46)27-14-15-32(43-24-27)39(40,41)42/h14-15,20-24,45H,10-13,16-19H2,1-9H3. The van der Waals surface area contributed by atoms with Crippen LogP contribution in [0.25, 0.3) is 0 Å². The molecule has 1 aliphatic rings. The Morgan fingerprint density at radius 1 is 0.939 bits per heavy atom. The van der Waals surface area contributed by atoms with Crippen LogP contribution in [0, 0.1) is 6.92 Å². The van der Waals surface area contributed by atoms with E-state index in [9.17, 15) is 23.1 Å². The molecule has 1 amide bonds. The Bertz CT molecular complexity index is 1620. The average Bonchev–Trinajstić information content (AvgIpc) is 3.01. The van der Waals surface area contributed by atoms with Gasteiger partial charge in [0.15, 0.2) is 0 Å². The zero-order valence-corrected chi connectivity index (χ0v) is 31.9. The molecule has 2 aromatic carbocycles. The van der Waals surface area contributed by atoms with Crippen LogP contribution in [-0.4, -0.2) is 45.2 Å². The number of alkyl halides is 3. The van der Waals surface area contributed by atoms with Gasteiger partial charge >= 0.3 is 6.18 Å². The highest BCUT2D eigenvalue weighted by Crippen LogP contribution is 2.54. The molecule has 0 saturated carbocycles. The highest BCUT2D eigenvalue weighted by Gasteiger charge is 2.40. The van der Waals surface area contributed by atoms with E-state index in [1.54, 1.807) is 23.8 Å². The third kappa shape index (κ3) is 9.48. The van der Waals surface area contributed by atoms with Crippen molar-refractivity contribution < 1.29 is 27.8 Å². The number of ether oxygens (including phenoxy) is 1. The second-order valence-electron chi connectivity index (χ2n) is 15.1. The topological polar surface area (TPSA) is 62.7 Å². The smallest absolute Gasteiger partial charge is 0.433 e. The van der Waals surface area contributed by atoms with Crippen LogP contribution >= 0.6 is 23.5 Å². The molecule has 49 heavy (non-hydrogen) atoms. The van der Waals surface area contributed by atoms with Gasteiger partial charge in [0.25, 0.3) is 5.91 Å². The molecule has 4 rings (SSSR count). The van der Waals surface area contributed by atoms with E-state index in [-0.39, 0.29) is 26.4 Å². The molecule has 0 radical (unpaired) electrons. The van der Waals surface area contributed by atoms with Gasteiger partial charge < -0.3 is 14.7 Å². The van der Waals surface area contributed by atoms with E-state index in [2.05, 4.69) is 71.6 Å². The molecule has 0 bridgehead atoms. The first-order valence-electron chi connectivity index (χ1n) is 17.0. The summed E-state index contributed by atoms with van der Waals surface area (Å²) in [7, 11) is 1.75. The van der Waals surface area contributed by atoms with Crippen molar-refractivity contribution in [2.45, 2.75) is 125 Å². The number of thioether (sulfide) groups is 2. The molecule has 0 aliphatic carbocycles. The fourth-order valence-electron chi connectivity index (χ4n) is 6.22. The summed E-state index contributed by atoms with van der Waals surface area (Å²) in [6.45, 7) is 17.9. The number of aryl methyl sites for hydroxylation is 2. The van der Waals surface area contributed by atoms with Gasteiger partial charge in [0.05, 0.1) is 16.8 Å². The molecule has 268 valence electrons. The molecule has 3 aromatic rings. The first-order chi connectivity index (χ1) is 22.8. The van der Waals surface area contributed by atoms with Gasteiger partial charge in [-0.1, -0.05) is 61.3 Å². The van der Waals surface area contributed by atoms with Gasteiger partial charge in [-0.3, -0.25) is 9.78 Å². The van der Waals surface area contributed by atoms with Crippen LogP contribution in [0.3, 0.4) is 0 Å². The zero-order valence-electron chi connectivity index (χ0n) is 30.3. The van der Waals surface area contributed by atoms with Crippen molar-refractivity contribution in [3.05, 3.63) is 76.1 Å². The lowest BCUT2D eigenvalue weighted by Gasteiger charge is -2.41. The SMILES string of the molecule is CCCCCc1cc(SC2(Sc3cc(C)c(O)c(C(C)(C)C)c3)CCN(C(=O)c3ccc(C(F)(F)F)nc3)CC2)cc(C(C)(C)C)c1OC. The summed E-state index contributed by atoms with van der Waals surface area (Å²) in [6, 6.07) is 10.7. The third-order valence-electron chi connectivity index (χ3n) is 9.00. The van der Waals surface area contributed by atoms with Crippen molar-refractivity contribution in [1.82, 2.24) is 9.88 Å². The van der Waals surface area contributed by atoms with E-state index in [1.165, 1.54) is 11.6 Å². The number of nitrogens with zero attached hydrogens (tertiary/aromatic N) is 2. The lowest BCUT2D eigenvalue weighted by atomic mass is 9.84. The summed E-state index contributed by atoms with van der Waals surface area (Å²) >= 11 is 3.59. The number of hydrogen-bond acceptors (Lipinski definition) is 6. The van der Waals surface area contributed by atoms with Crippen LogP contribution in [-0.2, 0) is 23.4 Å². The first kappa shape index (κ1) is 38.9. The minimum absolute atomic E-state index is 0.145. The van der Waals surface area contributed by atoms with Gasteiger partial charge in [0.2, 0.25) is 0 Å². The Morgan fingerprint density at radius 2 is 1.53 bits per heavy atom. The maximum absolute atomic E-state index is 13.5. The van der Waals surface area contributed by atoms with Crippen molar-refractivity contribution >= 4 is 29.4 Å². The fraction of sp³-hybridized carbons (Fsp3) is 0.538. The Kier molecular flexibility index (Phi) is 12.1. The van der Waals surface area contributed by atoms with Crippen molar-refractivity contribution in [3.63, 3.8) is 0 Å². The van der Waals surface area contributed by atoms with Crippen LogP contribution < -0.4 is 4.74 Å². The van der Waals surface area contributed by atoms with Crippen LogP contribution in [0.2, 0.25) is 0 Å². The quantitative estimate of drug-likeness (QED) is 0.166. The van der Waals surface area contributed by atoms with Crippen LogP contribution in [0.4, 0.5) is 13.2 Å². The number of aromatic nitrogens is 1. The maximum Gasteiger partial charge on any atom is 0.433 e. The molecule has 0 atom stereocenters. The summed E-state index contributed by atoms with van der Waals surface area (Å²) in [4.78, 5) is 20.9. The molecule has 1 N–H and O–H groups in total. The zero-order chi connectivity index (χ0) is 36.4. The largest absolute Gasteiger partial charge is 0.507 e. The molecule has 1 saturated heterocycles. The Labute approximate surface area is 298 Å². The number of phenolic OH excluding ortho intramolecular Hbond substituents is 1. The summed E-state index contributed by atoms with van der Waals surface area (Å²) in [5, 5.41) is 11.0. The number of hydrogen-bond donors (Lipinski definition) is 1. The summed E-state index contributed by atoms with van der Waals surface area (Å²) in [5.74, 6) is 0.938. The molecule has 1 aliphatic heterocycles. The number of pyridine rings is 1. The number of aromatic hydroxyl groups is 1. The Morgan fingerprint density at radius 3 is 2.04 bits per heavy atom. The highest BCUT2D eigenvalue weighted by molar-refractivity contribution is 8.18. The van der Waals surface area contributed by atoms with Gasteiger partial charge in [-0.2, -0.15) is 13.2 Å². The fourth-order valence-corrected chi connectivity index (χ4v) is 9.39. The van der Waals surface area contributed by atoms with Gasteiger partial charge in [-0.05, 0) is 91.0 Å². The molecule has 1 fully saturated rings. The van der Waals surface area contributed by atoms with E-state index in [1.807, 2.05) is 24.8 Å². The average molecular weight is 717 g/mol. The van der Waals surface area contributed by atoms with E-state index >= 15 is 0 Å². The molecular weight excluding hydrogens is 666 g/mol. The first-order valence-corrected chi connectivity index (χ1v) is 18.7. The second kappa shape index (κ2) is 15.2. The number of rotatable bonds is 10. The monoisotopic (exact) mass is 716 g/mol. The second-order valence-corrected chi connectivity index (χ2v) is 18.3. The van der Waals surface area contributed by atoms with Crippen LogP contribution in [0.1, 0.15) is 119 Å². The molecule has 2 heterocycles. The van der Waals surface area contributed by atoms with Gasteiger partial charge in [-0.15, -0.1) is 23.5 Å². The number of halogens is 3. The number of piperidine rings is 1. The van der Waals surface area contributed by atoms with Crippen molar-refractivity contribution in [1.29, 1.82) is 0 Å². The Balaban J connectivity index is 1.73. The molecule has 0 spiro atoms. The number of carbonyl (C=O) groups is 1. The number of amides is 1. The van der Waals surface area contributed by atoms with E-state index in [4.69, 9.17) is 4.74 Å². The lowest BCUT2D eigenvalue weighted by Crippen LogP contribution is -2.43. The van der Waals surface area contributed by atoms with E-state index in [0.717, 1.165) is 70.2 Å². The Hall–Kier alpha value is -2.85. The van der Waals surface area contributed by atoms with Crippen molar-refractivity contribution in [2.75, 3.05) is 20.2 Å². The third-order valence-corrected chi connectivity index (χ3v) is 12.0. The summed E-state index contributed by atoms with van der Waals surface area (Å²) < 4.78 is 45.0. The molecular formula is C39H51F3N2O3S2. The lowest BCUT2D eigenvalue weighted by molar-refractivity contribution is -0.141. The number of methoxy groups -OCH3 is 1. The number of likely N-dealkylation sites (tertiary alicyclic amines) is 1. The number of benzene rings is 2. The predicted molar refractivity (Wildman–Crippen MR) is 195 cm³/mol. The van der Waals surface area contributed by atoms with E-state index < -0.39 is 11.9 Å². The van der Waals surface area contributed by atoms with Gasteiger partial charge in [0.1, 0.15) is 17.2 Å². The normalized spacial score (nSPS) is 15.4. The molecule has 5 nitrogen and oxygen atoms in total. The molecule has 1 aromatic heterocycles. The molecule has 10 heteroatoms. The van der Waals surface area contributed by atoms with Gasteiger partial charge in [0, 0.05) is 40.2 Å². The van der Waals surface area contributed by atoms with Gasteiger partial charge in [-0.25, -0.2) is 0 Å². The highest BCUT2D eigenvalue weighted by atomic mass is 32.2. The number of unbranched alkanes of at least 4 members (excludes halogenated alkanes) is 2.